The molecule has 0 saturated carbocycles. The van der Waals surface area contributed by atoms with E-state index in [1.165, 1.54) is 51.4 Å². The Morgan fingerprint density at radius 3 is 2.53 bits per heavy atom. The van der Waals surface area contributed by atoms with Crippen molar-refractivity contribution in [3.8, 4) is 5.75 Å². The number of carboxylic acids is 1. The summed E-state index contributed by atoms with van der Waals surface area (Å²) in [5.41, 5.74) is 3.10. The number of carboxylic acid groups (broad SMARTS) is 1. The van der Waals surface area contributed by atoms with Gasteiger partial charge in [0.05, 0.1) is 5.52 Å². The van der Waals surface area contributed by atoms with Gasteiger partial charge in [-0.15, -0.1) is 11.8 Å². The van der Waals surface area contributed by atoms with E-state index in [0.717, 1.165) is 38.4 Å². The number of carbonyl (C=O) groups is 1. The molecule has 0 bridgehead atoms. The number of aromatic nitrogens is 1. The van der Waals surface area contributed by atoms with E-state index in [9.17, 15) is 4.79 Å². The number of unbranched alkanes of at least 4 members (excludes halogenated alkanes) is 7. The van der Waals surface area contributed by atoms with Crippen molar-refractivity contribution in [2.75, 3.05) is 5.75 Å². The van der Waals surface area contributed by atoms with Gasteiger partial charge in [-0.05, 0) is 48.4 Å². The summed E-state index contributed by atoms with van der Waals surface area (Å²) in [6.07, 6.45) is 13.0. The molecule has 0 amide bonds. The van der Waals surface area contributed by atoms with Crippen LogP contribution in [-0.4, -0.2) is 21.8 Å². The third kappa shape index (κ3) is 9.02. The number of fused-ring (bicyclic) bond motifs is 1. The number of aryl methyl sites for hydroxylation is 1. The molecule has 1 aromatic heterocycles. The summed E-state index contributed by atoms with van der Waals surface area (Å²) in [6.45, 7) is 2.71. The first-order valence-corrected chi connectivity index (χ1v) is 13.6. The first-order chi connectivity index (χ1) is 16.7. The van der Waals surface area contributed by atoms with E-state index >= 15 is 0 Å². The highest BCUT2D eigenvalue weighted by Crippen LogP contribution is 2.30. The van der Waals surface area contributed by atoms with Crippen LogP contribution in [0.25, 0.3) is 10.9 Å². The molecular formula is C29H37NO3S. The maximum atomic E-state index is 11.1. The number of para-hydroxylation sites is 1. The minimum Gasteiger partial charge on any atom is -0.489 e. The maximum Gasteiger partial charge on any atom is 0.303 e. The molecule has 0 atom stereocenters. The molecule has 3 rings (SSSR count). The van der Waals surface area contributed by atoms with Crippen LogP contribution in [0.1, 0.15) is 75.8 Å². The number of aliphatic carboxylic acids is 1. The van der Waals surface area contributed by atoms with Crippen LogP contribution in [0.2, 0.25) is 0 Å². The quantitative estimate of drug-likeness (QED) is 0.166. The fraction of sp³-hybridized carbons (Fsp3) is 0.448. The Morgan fingerprint density at radius 1 is 0.971 bits per heavy atom. The van der Waals surface area contributed by atoms with Crippen LogP contribution in [0.15, 0.2) is 59.6 Å². The minimum absolute atomic E-state index is 0.147. The SMILES string of the molecule is CCCCCCCCCCSc1cc(OCc2cnc3ccccc3c2)ccc1CCC(=O)O. The Balaban J connectivity index is 1.54. The average molecular weight is 480 g/mol. The summed E-state index contributed by atoms with van der Waals surface area (Å²) < 4.78 is 6.08. The van der Waals surface area contributed by atoms with E-state index in [1.54, 1.807) is 0 Å². The fourth-order valence-corrected chi connectivity index (χ4v) is 5.11. The first kappa shape index (κ1) is 26.1. The van der Waals surface area contributed by atoms with E-state index in [2.05, 4.69) is 30.1 Å². The molecular weight excluding hydrogens is 442 g/mol. The summed E-state index contributed by atoms with van der Waals surface area (Å²) in [5, 5.41) is 10.2. The number of benzene rings is 2. The first-order valence-electron chi connectivity index (χ1n) is 12.6. The number of hydrogen-bond acceptors (Lipinski definition) is 4. The van der Waals surface area contributed by atoms with Gasteiger partial charge >= 0.3 is 5.97 Å². The predicted octanol–water partition coefficient (Wildman–Crippen LogP) is 8.06. The van der Waals surface area contributed by atoms with Gasteiger partial charge in [0, 0.05) is 28.5 Å². The molecule has 34 heavy (non-hydrogen) atoms. The van der Waals surface area contributed by atoms with E-state index in [1.807, 2.05) is 48.3 Å². The van der Waals surface area contributed by atoms with Gasteiger partial charge in [-0.25, -0.2) is 0 Å². The summed E-state index contributed by atoms with van der Waals surface area (Å²) in [4.78, 5) is 16.7. The van der Waals surface area contributed by atoms with Crippen molar-refractivity contribution >= 4 is 28.6 Å². The Bertz CT molecular complexity index is 1040. The Hall–Kier alpha value is -2.53. The molecule has 0 spiro atoms. The molecule has 1 N–H and O–H groups in total. The molecule has 5 heteroatoms. The number of hydrogen-bond donors (Lipinski definition) is 1. The number of thioether (sulfide) groups is 1. The van der Waals surface area contributed by atoms with E-state index in [4.69, 9.17) is 9.84 Å². The lowest BCUT2D eigenvalue weighted by atomic mass is 10.1. The van der Waals surface area contributed by atoms with Crippen LogP contribution < -0.4 is 4.74 Å². The van der Waals surface area contributed by atoms with Gasteiger partial charge in [-0.2, -0.15) is 0 Å². The monoisotopic (exact) mass is 479 g/mol. The molecule has 182 valence electrons. The molecule has 0 aliphatic heterocycles. The van der Waals surface area contributed by atoms with Gasteiger partial charge < -0.3 is 9.84 Å². The van der Waals surface area contributed by atoms with Crippen LogP contribution in [0.4, 0.5) is 0 Å². The molecule has 0 saturated heterocycles. The zero-order valence-corrected chi connectivity index (χ0v) is 21.1. The highest BCUT2D eigenvalue weighted by molar-refractivity contribution is 7.99. The molecule has 1 heterocycles. The van der Waals surface area contributed by atoms with Crippen molar-refractivity contribution < 1.29 is 14.6 Å². The fourth-order valence-electron chi connectivity index (χ4n) is 3.99. The van der Waals surface area contributed by atoms with Gasteiger partial charge in [0.2, 0.25) is 0 Å². The molecule has 0 aliphatic rings. The standard InChI is InChI=1S/C29H37NO3S/c1-2-3-4-5-6-7-8-11-18-34-28-20-26(16-14-24(28)15-17-29(31)32)33-22-23-19-25-12-9-10-13-27(25)30-21-23/h9-10,12-14,16,19-21H,2-8,11,15,17-18,22H2,1H3,(H,31,32). The molecule has 0 unspecified atom stereocenters. The van der Waals surface area contributed by atoms with Crippen LogP contribution in [0, 0.1) is 0 Å². The van der Waals surface area contributed by atoms with Crippen molar-refractivity contribution in [3.63, 3.8) is 0 Å². The van der Waals surface area contributed by atoms with Crippen LogP contribution >= 0.6 is 11.8 Å². The smallest absolute Gasteiger partial charge is 0.303 e. The van der Waals surface area contributed by atoms with Gasteiger partial charge in [0.1, 0.15) is 12.4 Å². The summed E-state index contributed by atoms with van der Waals surface area (Å²) in [7, 11) is 0. The summed E-state index contributed by atoms with van der Waals surface area (Å²) in [6, 6.07) is 16.2. The van der Waals surface area contributed by atoms with Gasteiger partial charge in [-0.1, -0.05) is 76.1 Å². The molecule has 4 nitrogen and oxygen atoms in total. The number of pyridine rings is 1. The van der Waals surface area contributed by atoms with Crippen LogP contribution in [0.3, 0.4) is 0 Å². The third-order valence-electron chi connectivity index (χ3n) is 5.95. The van der Waals surface area contributed by atoms with E-state index in [-0.39, 0.29) is 6.42 Å². The van der Waals surface area contributed by atoms with E-state index in [0.29, 0.717) is 13.0 Å². The van der Waals surface area contributed by atoms with Gasteiger partial charge in [0.25, 0.3) is 0 Å². The molecule has 2 aromatic carbocycles. The molecule has 0 aliphatic carbocycles. The normalized spacial score (nSPS) is 11.1. The Labute approximate surface area is 208 Å². The molecule has 0 radical (unpaired) electrons. The summed E-state index contributed by atoms with van der Waals surface area (Å²) >= 11 is 1.82. The highest BCUT2D eigenvalue weighted by Gasteiger charge is 2.09. The number of nitrogens with zero attached hydrogens (tertiary/aromatic N) is 1. The van der Waals surface area contributed by atoms with Crippen LogP contribution in [0.5, 0.6) is 5.75 Å². The largest absolute Gasteiger partial charge is 0.489 e. The average Bonchev–Trinajstić information content (AvgIpc) is 2.85. The highest BCUT2D eigenvalue weighted by atomic mass is 32.2. The second kappa shape index (κ2) is 14.7. The lowest BCUT2D eigenvalue weighted by Gasteiger charge is -2.13. The zero-order valence-electron chi connectivity index (χ0n) is 20.3. The summed E-state index contributed by atoms with van der Waals surface area (Å²) in [5.74, 6) is 1.10. The van der Waals surface area contributed by atoms with Crippen molar-refractivity contribution in [2.45, 2.75) is 82.6 Å². The Morgan fingerprint density at radius 2 is 1.74 bits per heavy atom. The Kier molecular flexibility index (Phi) is 11.3. The predicted molar refractivity (Wildman–Crippen MR) is 142 cm³/mol. The van der Waals surface area contributed by atoms with Crippen molar-refractivity contribution in [3.05, 3.63) is 65.9 Å². The third-order valence-corrected chi connectivity index (χ3v) is 7.14. The van der Waals surface area contributed by atoms with Crippen molar-refractivity contribution in [1.82, 2.24) is 4.98 Å². The topological polar surface area (TPSA) is 59.4 Å². The molecule has 3 aromatic rings. The lowest BCUT2D eigenvalue weighted by molar-refractivity contribution is -0.136. The second-order valence-electron chi connectivity index (χ2n) is 8.81. The van der Waals surface area contributed by atoms with Crippen LogP contribution in [-0.2, 0) is 17.8 Å². The van der Waals surface area contributed by atoms with Gasteiger partial charge in [0.15, 0.2) is 0 Å². The minimum atomic E-state index is -0.761. The molecule has 0 fully saturated rings. The maximum absolute atomic E-state index is 11.1. The number of ether oxygens (including phenoxy) is 1. The van der Waals surface area contributed by atoms with E-state index < -0.39 is 5.97 Å². The number of rotatable bonds is 16. The zero-order chi connectivity index (χ0) is 24.0. The lowest BCUT2D eigenvalue weighted by Crippen LogP contribution is -2.00. The van der Waals surface area contributed by atoms with Crippen molar-refractivity contribution in [1.29, 1.82) is 0 Å². The van der Waals surface area contributed by atoms with Gasteiger partial charge in [-0.3, -0.25) is 9.78 Å². The second-order valence-corrected chi connectivity index (χ2v) is 9.95. The van der Waals surface area contributed by atoms with Crippen molar-refractivity contribution in [2.24, 2.45) is 0 Å².